The number of halogens is 4. The predicted molar refractivity (Wildman–Crippen MR) is 144 cm³/mol. The Morgan fingerprint density at radius 2 is 1.83 bits per heavy atom. The molecule has 36 heavy (non-hydrogen) atoms. The molecular formula is C28H32Cl2F2N2O2. The van der Waals surface area contributed by atoms with Gasteiger partial charge < -0.3 is 10.0 Å². The highest BCUT2D eigenvalue weighted by atomic mass is 35.5. The van der Waals surface area contributed by atoms with Crippen molar-refractivity contribution in [2.45, 2.75) is 59.3 Å². The molecule has 2 aromatic carbocycles. The molecule has 194 valence electrons. The topological polar surface area (TPSA) is 52.9 Å². The minimum atomic E-state index is -2.96. The van der Waals surface area contributed by atoms with Crippen LogP contribution in [-0.2, 0) is 17.1 Å². The molecule has 0 aromatic heterocycles. The van der Waals surface area contributed by atoms with Gasteiger partial charge in [0.25, 0.3) is 5.92 Å². The quantitative estimate of drug-likeness (QED) is 0.345. The van der Waals surface area contributed by atoms with Crippen molar-refractivity contribution in [3.63, 3.8) is 0 Å². The van der Waals surface area contributed by atoms with Crippen LogP contribution >= 0.6 is 23.2 Å². The van der Waals surface area contributed by atoms with Crippen LogP contribution in [0.15, 0.2) is 35.8 Å². The van der Waals surface area contributed by atoms with Crippen molar-refractivity contribution in [1.29, 1.82) is 0 Å². The van der Waals surface area contributed by atoms with Crippen molar-refractivity contribution in [2.75, 3.05) is 13.1 Å². The van der Waals surface area contributed by atoms with Crippen LogP contribution in [0.25, 0.3) is 5.70 Å². The summed E-state index contributed by atoms with van der Waals surface area (Å²) >= 11 is 13.3. The van der Waals surface area contributed by atoms with Gasteiger partial charge in [0.05, 0.1) is 10.7 Å². The highest BCUT2D eigenvalue weighted by Crippen LogP contribution is 2.38. The van der Waals surface area contributed by atoms with E-state index in [-0.39, 0.29) is 17.9 Å². The predicted octanol–water partition coefficient (Wildman–Crippen LogP) is 8.21. The Labute approximate surface area is 221 Å². The van der Waals surface area contributed by atoms with Crippen molar-refractivity contribution >= 4 is 46.3 Å². The number of aliphatic carboxylic acids is 1. The summed E-state index contributed by atoms with van der Waals surface area (Å²) in [6.07, 6.45) is 2.10. The van der Waals surface area contributed by atoms with E-state index >= 15 is 0 Å². The summed E-state index contributed by atoms with van der Waals surface area (Å²) in [6.45, 7) is 11.9. The minimum absolute atomic E-state index is 0.0406. The van der Waals surface area contributed by atoms with E-state index in [1.54, 1.807) is 19.1 Å². The van der Waals surface area contributed by atoms with Crippen molar-refractivity contribution in [3.05, 3.63) is 68.7 Å². The number of carboxylic acid groups (broad SMARTS) is 1. The van der Waals surface area contributed by atoms with Crippen LogP contribution in [0.5, 0.6) is 0 Å². The van der Waals surface area contributed by atoms with Gasteiger partial charge in [-0.15, -0.1) is 0 Å². The molecule has 3 rings (SSSR count). The SMILES string of the molecule is C=C(c1ccc(Cl)c(CC(C)=Nc2c(C)ccc(C(C)(F)F)c2C)c1Cl)N1CCC(CC(=O)O)CC1. The zero-order valence-electron chi connectivity index (χ0n) is 21.1. The van der Waals surface area contributed by atoms with Crippen molar-refractivity contribution < 1.29 is 18.7 Å². The first kappa shape index (κ1) is 28.1. The fourth-order valence-electron chi connectivity index (χ4n) is 4.78. The number of carbonyl (C=O) groups is 1. The zero-order valence-corrected chi connectivity index (χ0v) is 22.6. The van der Waals surface area contributed by atoms with Gasteiger partial charge in [-0.05, 0) is 68.4 Å². The Morgan fingerprint density at radius 3 is 2.42 bits per heavy atom. The first-order chi connectivity index (χ1) is 16.8. The number of nitrogens with zero attached hydrogens (tertiary/aromatic N) is 2. The van der Waals surface area contributed by atoms with Gasteiger partial charge in [0.15, 0.2) is 0 Å². The fourth-order valence-corrected chi connectivity index (χ4v) is 5.39. The lowest BCUT2D eigenvalue weighted by atomic mass is 9.92. The first-order valence-corrected chi connectivity index (χ1v) is 12.7. The molecule has 1 saturated heterocycles. The number of carboxylic acids is 1. The maximum absolute atomic E-state index is 14.0. The molecule has 0 bridgehead atoms. The van der Waals surface area contributed by atoms with Crippen molar-refractivity contribution in [3.8, 4) is 0 Å². The van der Waals surface area contributed by atoms with E-state index < -0.39 is 11.9 Å². The van der Waals surface area contributed by atoms with Gasteiger partial charge in [-0.3, -0.25) is 9.79 Å². The molecule has 8 heteroatoms. The lowest BCUT2D eigenvalue weighted by molar-refractivity contribution is -0.138. The molecule has 0 amide bonds. The van der Waals surface area contributed by atoms with E-state index in [4.69, 9.17) is 33.3 Å². The van der Waals surface area contributed by atoms with Gasteiger partial charge in [0.2, 0.25) is 0 Å². The number of alkyl halides is 2. The normalized spacial score (nSPS) is 15.3. The molecule has 1 N–H and O–H groups in total. The van der Waals surface area contributed by atoms with Gasteiger partial charge in [-0.1, -0.05) is 41.9 Å². The molecule has 1 aliphatic heterocycles. The van der Waals surface area contributed by atoms with E-state index in [2.05, 4.69) is 11.5 Å². The number of likely N-dealkylation sites (tertiary alicyclic amines) is 1. The second-order valence-corrected chi connectivity index (χ2v) is 10.5. The van der Waals surface area contributed by atoms with Crippen LogP contribution < -0.4 is 0 Å². The van der Waals surface area contributed by atoms with Gasteiger partial charge in [0.1, 0.15) is 0 Å². The molecule has 1 fully saturated rings. The summed E-state index contributed by atoms with van der Waals surface area (Å²) in [5.74, 6) is -3.56. The molecule has 0 radical (unpaired) electrons. The standard InChI is InChI=1S/C28H32Cl2F2N2O2/c1-16-6-8-23(28(5,31)32)18(3)27(16)33-17(2)14-22-24(29)9-7-21(26(22)30)19(4)34-12-10-20(11-13-34)15-25(35)36/h6-9,20H,4,10-15H2,1-3,5H3,(H,35,36). The molecule has 0 unspecified atom stereocenters. The van der Waals surface area contributed by atoms with Crippen LogP contribution in [0, 0.1) is 19.8 Å². The van der Waals surface area contributed by atoms with Gasteiger partial charge in [-0.25, -0.2) is 8.78 Å². The minimum Gasteiger partial charge on any atom is -0.481 e. The van der Waals surface area contributed by atoms with Crippen LogP contribution in [0.2, 0.25) is 10.0 Å². The molecule has 0 aliphatic carbocycles. The maximum Gasteiger partial charge on any atom is 0.303 e. The van der Waals surface area contributed by atoms with E-state index in [1.807, 2.05) is 19.9 Å². The Kier molecular flexibility index (Phi) is 8.84. The fraction of sp³-hybridized carbons (Fsp3) is 0.429. The number of hydrogen-bond donors (Lipinski definition) is 1. The monoisotopic (exact) mass is 536 g/mol. The highest BCUT2D eigenvalue weighted by Gasteiger charge is 2.28. The maximum atomic E-state index is 14.0. The van der Waals surface area contributed by atoms with E-state index in [0.717, 1.165) is 36.6 Å². The van der Waals surface area contributed by atoms with Gasteiger partial charge in [-0.2, -0.15) is 0 Å². The highest BCUT2D eigenvalue weighted by molar-refractivity contribution is 6.37. The molecule has 0 spiro atoms. The largest absolute Gasteiger partial charge is 0.481 e. The average Bonchev–Trinajstić information content (AvgIpc) is 2.78. The van der Waals surface area contributed by atoms with Crippen LogP contribution in [0.4, 0.5) is 14.5 Å². The third-order valence-electron chi connectivity index (χ3n) is 6.80. The summed E-state index contributed by atoms with van der Waals surface area (Å²) in [6, 6.07) is 6.73. The second kappa shape index (κ2) is 11.3. The molecule has 4 nitrogen and oxygen atoms in total. The lowest BCUT2D eigenvalue weighted by Crippen LogP contribution is -2.33. The molecule has 0 atom stereocenters. The number of rotatable bonds is 8. The lowest BCUT2D eigenvalue weighted by Gasteiger charge is -2.34. The number of piperidine rings is 1. The third kappa shape index (κ3) is 6.46. The van der Waals surface area contributed by atoms with E-state index in [9.17, 15) is 13.6 Å². The van der Waals surface area contributed by atoms with Gasteiger partial charge >= 0.3 is 5.97 Å². The van der Waals surface area contributed by atoms with Crippen LogP contribution in [0.3, 0.4) is 0 Å². The first-order valence-electron chi connectivity index (χ1n) is 11.9. The molecule has 1 heterocycles. The zero-order chi connectivity index (χ0) is 26.8. The van der Waals surface area contributed by atoms with Crippen molar-refractivity contribution in [2.24, 2.45) is 10.9 Å². The Bertz CT molecular complexity index is 1200. The molecule has 2 aromatic rings. The number of aliphatic imine (C=N–C) groups is 1. The molecule has 1 aliphatic rings. The average molecular weight is 537 g/mol. The van der Waals surface area contributed by atoms with Crippen LogP contribution in [0.1, 0.15) is 60.9 Å². The van der Waals surface area contributed by atoms with Gasteiger partial charge in [0, 0.05) is 60.4 Å². The Balaban J connectivity index is 1.85. The summed E-state index contributed by atoms with van der Waals surface area (Å²) in [5, 5.41) is 10.0. The van der Waals surface area contributed by atoms with Crippen molar-refractivity contribution in [1.82, 2.24) is 4.90 Å². The third-order valence-corrected chi connectivity index (χ3v) is 7.58. The van der Waals surface area contributed by atoms with E-state index in [0.29, 0.717) is 52.1 Å². The number of hydrogen-bond acceptors (Lipinski definition) is 3. The second-order valence-electron chi connectivity index (χ2n) is 9.68. The smallest absolute Gasteiger partial charge is 0.303 e. The summed E-state index contributed by atoms with van der Waals surface area (Å²) in [5.41, 5.74) is 4.68. The molecule has 0 saturated carbocycles. The molecular weight excluding hydrogens is 505 g/mol. The summed E-state index contributed by atoms with van der Waals surface area (Å²) in [4.78, 5) is 17.8. The number of aryl methyl sites for hydroxylation is 1. The number of benzene rings is 2. The summed E-state index contributed by atoms with van der Waals surface area (Å²) < 4.78 is 28.1. The van der Waals surface area contributed by atoms with Crippen LogP contribution in [-0.4, -0.2) is 34.8 Å². The Morgan fingerprint density at radius 1 is 1.19 bits per heavy atom. The summed E-state index contributed by atoms with van der Waals surface area (Å²) in [7, 11) is 0. The Hall–Kier alpha value is -2.44. The van der Waals surface area contributed by atoms with E-state index in [1.165, 1.54) is 6.07 Å².